The Morgan fingerprint density at radius 2 is 2.00 bits per heavy atom. The van der Waals surface area contributed by atoms with Crippen LogP contribution >= 0.6 is 15.9 Å². The van der Waals surface area contributed by atoms with E-state index < -0.39 is 0 Å². The molecule has 0 fully saturated rings. The summed E-state index contributed by atoms with van der Waals surface area (Å²) in [6.45, 7) is 3.25. The van der Waals surface area contributed by atoms with Gasteiger partial charge in [-0.3, -0.25) is 6.29 Å². The average molecular weight is 224 g/mol. The summed E-state index contributed by atoms with van der Waals surface area (Å²) in [5, 5.41) is 0. The van der Waals surface area contributed by atoms with Gasteiger partial charge in [0.1, 0.15) is 0 Å². The van der Waals surface area contributed by atoms with Crippen molar-refractivity contribution in [2.45, 2.75) is 4.83 Å². The Bertz CT molecular complexity index is 37.8. The van der Waals surface area contributed by atoms with Crippen LogP contribution in [-0.2, 0) is 37.5 Å². The van der Waals surface area contributed by atoms with Crippen molar-refractivity contribution in [3.05, 3.63) is 6.92 Å². The van der Waals surface area contributed by atoms with Crippen molar-refractivity contribution in [3.8, 4) is 0 Å². The molecular formula is C3H3BrOY-2. The number of rotatable bonds is 1. The van der Waals surface area contributed by atoms with E-state index in [1.54, 1.807) is 6.29 Å². The first-order valence-corrected chi connectivity index (χ1v) is 2.03. The first kappa shape index (κ1) is 10.3. The number of carbonyl (C=O) groups excluding carboxylic acids is 1. The molecule has 1 unspecified atom stereocenters. The molecule has 0 heterocycles. The van der Waals surface area contributed by atoms with Crippen LogP contribution < -0.4 is 0 Å². The number of hydrogen-bond donors (Lipinski definition) is 0. The second-order valence-electron chi connectivity index (χ2n) is 0.585. The van der Waals surface area contributed by atoms with E-state index in [9.17, 15) is 4.79 Å². The molecule has 0 spiro atoms. The molecule has 0 aliphatic heterocycles. The SMILES string of the molecule is [CH2-]C(Br)[C-]=O.[Y]. The number of alkyl halides is 1. The van der Waals surface area contributed by atoms with Gasteiger partial charge in [-0.2, -0.15) is 15.9 Å². The van der Waals surface area contributed by atoms with E-state index >= 15 is 0 Å². The maximum absolute atomic E-state index is 9.27. The van der Waals surface area contributed by atoms with Gasteiger partial charge < -0.3 is 11.7 Å². The van der Waals surface area contributed by atoms with E-state index in [4.69, 9.17) is 0 Å². The van der Waals surface area contributed by atoms with Crippen molar-refractivity contribution >= 4 is 22.2 Å². The summed E-state index contributed by atoms with van der Waals surface area (Å²) >= 11 is 2.84. The van der Waals surface area contributed by atoms with E-state index in [1.807, 2.05) is 0 Å². The molecule has 1 nitrogen and oxygen atoms in total. The molecule has 0 amide bonds. The van der Waals surface area contributed by atoms with Gasteiger partial charge in [0, 0.05) is 32.7 Å². The van der Waals surface area contributed by atoms with Gasteiger partial charge in [-0.1, -0.05) is 0 Å². The molecule has 33 valence electrons. The molecule has 0 aliphatic rings. The van der Waals surface area contributed by atoms with Gasteiger partial charge in [-0.05, 0) is 0 Å². The molecule has 3 heteroatoms. The van der Waals surface area contributed by atoms with E-state index in [1.165, 1.54) is 0 Å². The van der Waals surface area contributed by atoms with Crippen LogP contribution in [-0.4, -0.2) is 11.1 Å². The van der Waals surface area contributed by atoms with Crippen molar-refractivity contribution in [1.29, 1.82) is 0 Å². The van der Waals surface area contributed by atoms with Gasteiger partial charge in [0.25, 0.3) is 0 Å². The molecule has 1 atom stereocenters. The van der Waals surface area contributed by atoms with E-state index in [-0.39, 0.29) is 37.5 Å². The van der Waals surface area contributed by atoms with Crippen LogP contribution in [0.15, 0.2) is 0 Å². The molecule has 0 aromatic heterocycles. The Labute approximate surface area is 70.9 Å². The fourth-order valence-corrected chi connectivity index (χ4v) is 0. The minimum atomic E-state index is -0.359. The summed E-state index contributed by atoms with van der Waals surface area (Å²) in [6, 6.07) is 0. The third-order valence-corrected chi connectivity index (χ3v) is 0.315. The fraction of sp³-hybridized carbons (Fsp3) is 0.333. The monoisotopic (exact) mass is 223 g/mol. The van der Waals surface area contributed by atoms with Crippen molar-refractivity contribution < 1.29 is 37.5 Å². The molecule has 0 aromatic rings. The van der Waals surface area contributed by atoms with Gasteiger partial charge in [0.15, 0.2) is 0 Å². The van der Waals surface area contributed by atoms with Crippen LogP contribution in [0.3, 0.4) is 0 Å². The van der Waals surface area contributed by atoms with Gasteiger partial charge >= 0.3 is 0 Å². The largest absolute Gasteiger partial charge is 0.543 e. The van der Waals surface area contributed by atoms with Crippen molar-refractivity contribution in [2.24, 2.45) is 0 Å². The van der Waals surface area contributed by atoms with E-state index in [0.717, 1.165) is 0 Å². The predicted molar refractivity (Wildman–Crippen MR) is 23.8 cm³/mol. The summed E-state index contributed by atoms with van der Waals surface area (Å²) in [5.74, 6) is 0. The maximum atomic E-state index is 9.27. The van der Waals surface area contributed by atoms with Crippen molar-refractivity contribution in [1.82, 2.24) is 0 Å². The molecular weight excluding hydrogens is 221 g/mol. The van der Waals surface area contributed by atoms with Gasteiger partial charge in [-0.15, -0.1) is 0 Å². The van der Waals surface area contributed by atoms with Gasteiger partial charge in [-0.25, -0.2) is 4.83 Å². The van der Waals surface area contributed by atoms with Crippen LogP contribution in [0.2, 0.25) is 0 Å². The van der Waals surface area contributed by atoms with Crippen LogP contribution in [0.5, 0.6) is 0 Å². The third-order valence-electron chi connectivity index (χ3n) is 0.128. The minimum absolute atomic E-state index is 0. The fourth-order valence-electron chi connectivity index (χ4n) is 0. The quantitative estimate of drug-likeness (QED) is 0.473. The Kier molecular flexibility index (Phi) is 10.7. The maximum Gasteiger partial charge on any atom is 0 e. The zero-order valence-electron chi connectivity index (χ0n) is 3.15. The Morgan fingerprint density at radius 1 is 1.83 bits per heavy atom. The summed E-state index contributed by atoms with van der Waals surface area (Å²) in [4.78, 5) is 8.91. The predicted octanol–water partition coefficient (Wildman–Crippen LogP) is 0.691. The van der Waals surface area contributed by atoms with Crippen LogP contribution in [0.1, 0.15) is 0 Å². The zero-order valence-corrected chi connectivity index (χ0v) is 7.57. The Balaban J connectivity index is 0. The topological polar surface area (TPSA) is 17.1 Å². The van der Waals surface area contributed by atoms with Crippen LogP contribution in [0.25, 0.3) is 0 Å². The average Bonchev–Trinajstić information content (AvgIpc) is 1.38. The standard InChI is InChI=1S/C3H3BrO.Y/c1-3(4)2-5;/h3H,1H2;/q-2;. The first-order valence-electron chi connectivity index (χ1n) is 1.12. The molecule has 0 rings (SSSR count). The van der Waals surface area contributed by atoms with Crippen molar-refractivity contribution in [2.75, 3.05) is 0 Å². The van der Waals surface area contributed by atoms with Gasteiger partial charge in [0.2, 0.25) is 0 Å². The molecule has 1 radical (unpaired) electrons. The molecule has 0 aromatic carbocycles. The minimum Gasteiger partial charge on any atom is -0.543 e. The number of hydrogen-bond acceptors (Lipinski definition) is 1. The third kappa shape index (κ3) is 8.98. The summed E-state index contributed by atoms with van der Waals surface area (Å²) in [5.41, 5.74) is 0. The summed E-state index contributed by atoms with van der Waals surface area (Å²) in [7, 11) is 0. The zero-order chi connectivity index (χ0) is 4.28. The Morgan fingerprint density at radius 3 is 2.00 bits per heavy atom. The van der Waals surface area contributed by atoms with Crippen LogP contribution in [0.4, 0.5) is 0 Å². The molecule has 0 bridgehead atoms. The molecule has 6 heavy (non-hydrogen) atoms. The first-order chi connectivity index (χ1) is 2.27. The second kappa shape index (κ2) is 6.25. The Hall–Kier alpha value is 1.25. The van der Waals surface area contributed by atoms with Crippen LogP contribution in [0, 0.1) is 6.92 Å². The van der Waals surface area contributed by atoms with E-state index in [2.05, 4.69) is 22.9 Å². The second-order valence-corrected chi connectivity index (χ2v) is 1.69. The molecule has 0 saturated heterocycles. The normalized spacial score (nSPS) is 11.7. The van der Waals surface area contributed by atoms with Crippen molar-refractivity contribution in [3.63, 3.8) is 0 Å². The summed E-state index contributed by atoms with van der Waals surface area (Å²) < 4.78 is 0. The number of halogens is 1. The molecule has 0 saturated carbocycles. The van der Waals surface area contributed by atoms with E-state index in [0.29, 0.717) is 0 Å². The van der Waals surface area contributed by atoms with Gasteiger partial charge in [0.05, 0.1) is 0 Å². The molecule has 0 N–H and O–H groups in total. The summed E-state index contributed by atoms with van der Waals surface area (Å²) in [6.07, 6.45) is 1.58. The smallest absolute Gasteiger partial charge is 0 e. The molecule has 0 aliphatic carbocycles.